The zero-order chi connectivity index (χ0) is 17.6. The van der Waals surface area contributed by atoms with Gasteiger partial charge in [-0.1, -0.05) is 6.07 Å². The molecule has 1 aliphatic rings. The molecular formula is C16H15N5O. The molecule has 1 aromatic carbocycles. The Labute approximate surface area is 131 Å². The fourth-order valence-corrected chi connectivity index (χ4v) is 2.63. The lowest BCUT2D eigenvalue weighted by Crippen LogP contribution is -2.13. The van der Waals surface area contributed by atoms with Crippen LogP contribution in [0.4, 0.5) is 5.69 Å². The average Bonchev–Trinajstić information content (AvgIpc) is 3.08. The summed E-state index contributed by atoms with van der Waals surface area (Å²) in [4.78, 5) is 8.84. The molecule has 0 saturated heterocycles. The summed E-state index contributed by atoms with van der Waals surface area (Å²) in [5, 5.41) is 8.05. The van der Waals surface area contributed by atoms with Gasteiger partial charge < -0.3 is 10.1 Å². The van der Waals surface area contributed by atoms with Crippen molar-refractivity contribution in [3.63, 3.8) is 0 Å². The van der Waals surface area contributed by atoms with Gasteiger partial charge in [0.05, 0.1) is 28.6 Å². The smallest absolute Gasteiger partial charge is 0.240 e. The van der Waals surface area contributed by atoms with Crippen molar-refractivity contribution < 1.29 is 8.85 Å². The summed E-state index contributed by atoms with van der Waals surface area (Å²) < 4.78 is 28.3. The van der Waals surface area contributed by atoms with Crippen LogP contribution in [0.2, 0.25) is 0 Å². The molecule has 0 amide bonds. The van der Waals surface area contributed by atoms with E-state index in [9.17, 15) is 0 Å². The van der Waals surface area contributed by atoms with E-state index in [-0.39, 0.29) is 5.88 Å². The van der Waals surface area contributed by atoms with Crippen LogP contribution in [-0.4, -0.2) is 27.6 Å². The van der Waals surface area contributed by atoms with Crippen LogP contribution in [0, 0.1) is 0 Å². The SMILES string of the molecule is [2H]C([2H])([2H])Oc1nn(C)c2cc(NC3=NCc4cccnc43)ccc12. The summed E-state index contributed by atoms with van der Waals surface area (Å²) in [6.45, 7) is 0.607. The van der Waals surface area contributed by atoms with Crippen molar-refractivity contribution in [1.29, 1.82) is 0 Å². The lowest BCUT2D eigenvalue weighted by molar-refractivity contribution is 0.396. The Hall–Kier alpha value is -2.89. The van der Waals surface area contributed by atoms with Crippen molar-refractivity contribution in [2.24, 2.45) is 12.0 Å². The van der Waals surface area contributed by atoms with Gasteiger partial charge in [-0.3, -0.25) is 14.7 Å². The van der Waals surface area contributed by atoms with Crippen LogP contribution >= 0.6 is 0 Å². The van der Waals surface area contributed by atoms with E-state index in [4.69, 9.17) is 8.85 Å². The first kappa shape index (κ1) is 9.94. The van der Waals surface area contributed by atoms with Gasteiger partial charge in [-0.25, -0.2) is 0 Å². The molecule has 1 N–H and O–H groups in total. The highest BCUT2D eigenvalue weighted by molar-refractivity contribution is 6.09. The molecule has 0 atom stereocenters. The monoisotopic (exact) mass is 296 g/mol. The molecule has 22 heavy (non-hydrogen) atoms. The first-order valence-corrected chi connectivity index (χ1v) is 6.82. The van der Waals surface area contributed by atoms with Gasteiger partial charge in [-0.15, -0.1) is 5.10 Å². The first-order valence-electron chi connectivity index (χ1n) is 8.32. The van der Waals surface area contributed by atoms with Crippen molar-refractivity contribution in [2.75, 3.05) is 12.4 Å². The third kappa shape index (κ3) is 1.92. The second-order valence-electron chi connectivity index (χ2n) is 5.06. The maximum Gasteiger partial charge on any atom is 0.240 e. The fraction of sp³-hybridized carbons (Fsp3) is 0.188. The van der Waals surface area contributed by atoms with Gasteiger partial charge in [0.1, 0.15) is 5.69 Å². The molecule has 0 fully saturated rings. The Morgan fingerprint density at radius 2 is 2.32 bits per heavy atom. The van der Waals surface area contributed by atoms with Crippen molar-refractivity contribution in [2.45, 2.75) is 6.54 Å². The molecule has 6 nitrogen and oxygen atoms in total. The van der Waals surface area contributed by atoms with Gasteiger partial charge in [0.15, 0.2) is 5.84 Å². The Bertz CT molecular complexity index is 993. The van der Waals surface area contributed by atoms with Crippen molar-refractivity contribution in [3.05, 3.63) is 47.8 Å². The quantitative estimate of drug-likeness (QED) is 0.788. The van der Waals surface area contributed by atoms with E-state index in [0.29, 0.717) is 11.9 Å². The number of nitrogens with one attached hydrogen (secondary N) is 1. The fourth-order valence-electron chi connectivity index (χ4n) is 2.63. The number of aliphatic imine (C=N–C) groups is 1. The van der Waals surface area contributed by atoms with Gasteiger partial charge in [0.25, 0.3) is 0 Å². The molecule has 1 aliphatic heterocycles. The van der Waals surface area contributed by atoms with E-state index in [0.717, 1.165) is 28.3 Å². The first-order chi connectivity index (χ1) is 11.9. The largest absolute Gasteiger partial charge is 0.479 e. The molecule has 4 rings (SSSR count). The molecule has 0 bridgehead atoms. The molecule has 0 aliphatic carbocycles. The van der Waals surface area contributed by atoms with Crippen LogP contribution in [0.25, 0.3) is 10.9 Å². The van der Waals surface area contributed by atoms with E-state index in [1.165, 1.54) is 0 Å². The summed E-state index contributed by atoms with van der Waals surface area (Å²) >= 11 is 0. The molecule has 3 heterocycles. The minimum atomic E-state index is -2.54. The zero-order valence-corrected chi connectivity index (χ0v) is 11.9. The summed E-state index contributed by atoms with van der Waals surface area (Å²) in [5.41, 5.74) is 3.50. The number of amidine groups is 1. The number of aryl methyl sites for hydroxylation is 1. The summed E-state index contributed by atoms with van der Waals surface area (Å²) in [6.07, 6.45) is 1.74. The number of fused-ring (bicyclic) bond motifs is 2. The molecule has 6 heteroatoms. The number of ether oxygens (including phenoxy) is 1. The number of methoxy groups -OCH3 is 1. The molecule has 0 unspecified atom stereocenters. The summed E-state index contributed by atoms with van der Waals surface area (Å²) in [6, 6.07) is 9.38. The Morgan fingerprint density at radius 3 is 3.23 bits per heavy atom. The number of pyridine rings is 1. The Morgan fingerprint density at radius 1 is 1.36 bits per heavy atom. The lowest BCUT2D eigenvalue weighted by Gasteiger charge is -2.07. The van der Waals surface area contributed by atoms with E-state index < -0.39 is 7.04 Å². The maximum atomic E-state index is 7.24. The molecule has 110 valence electrons. The van der Waals surface area contributed by atoms with Crippen LogP contribution in [-0.2, 0) is 13.6 Å². The van der Waals surface area contributed by atoms with Gasteiger partial charge in [-0.2, -0.15) is 0 Å². The van der Waals surface area contributed by atoms with Crippen molar-refractivity contribution >= 4 is 22.4 Å². The number of anilines is 1. The van der Waals surface area contributed by atoms with Crippen LogP contribution in [0.1, 0.15) is 15.4 Å². The second kappa shape index (κ2) is 4.84. The summed E-state index contributed by atoms with van der Waals surface area (Å²) in [7, 11) is -0.797. The second-order valence-corrected chi connectivity index (χ2v) is 5.06. The van der Waals surface area contributed by atoms with Gasteiger partial charge in [-0.05, 0) is 24.3 Å². The third-order valence-corrected chi connectivity index (χ3v) is 3.70. The number of aromatic nitrogens is 3. The minimum Gasteiger partial charge on any atom is -0.479 e. The molecule has 0 radical (unpaired) electrons. The lowest BCUT2D eigenvalue weighted by atomic mass is 10.2. The van der Waals surface area contributed by atoms with Crippen LogP contribution in [0.3, 0.4) is 0 Å². The maximum absolute atomic E-state index is 7.24. The minimum absolute atomic E-state index is 0.0919. The van der Waals surface area contributed by atoms with Gasteiger partial charge >= 0.3 is 0 Å². The predicted octanol–water partition coefficient (Wildman–Crippen LogP) is 2.35. The van der Waals surface area contributed by atoms with Crippen molar-refractivity contribution in [1.82, 2.24) is 14.8 Å². The molecule has 0 spiro atoms. The Kier molecular flexibility index (Phi) is 2.19. The number of nitrogens with zero attached hydrogens (tertiary/aromatic N) is 4. The Balaban J connectivity index is 1.66. The van der Waals surface area contributed by atoms with Gasteiger partial charge in [0.2, 0.25) is 5.88 Å². The van der Waals surface area contributed by atoms with Crippen LogP contribution in [0.15, 0.2) is 41.5 Å². The summed E-state index contributed by atoms with van der Waals surface area (Å²) in [5.74, 6) is 0.811. The number of benzene rings is 1. The number of hydrogen-bond acceptors (Lipinski definition) is 5. The molecular weight excluding hydrogens is 278 g/mol. The van der Waals surface area contributed by atoms with E-state index in [1.807, 2.05) is 24.3 Å². The topological polar surface area (TPSA) is 64.3 Å². The number of hydrogen-bond donors (Lipinski definition) is 1. The zero-order valence-electron chi connectivity index (χ0n) is 14.9. The predicted molar refractivity (Wildman–Crippen MR) is 85.4 cm³/mol. The van der Waals surface area contributed by atoms with E-state index in [1.54, 1.807) is 24.0 Å². The standard InChI is InChI=1S/C16H15N5O/c1-21-13-8-11(5-6-12(13)16(20-21)22-2)19-15-14-10(9-18-15)4-3-7-17-14/h3-8H,9H2,1-2H3,(H,18,19)/i2D3. The van der Waals surface area contributed by atoms with Crippen molar-refractivity contribution in [3.8, 4) is 5.88 Å². The molecule has 3 aromatic rings. The average molecular weight is 296 g/mol. The highest BCUT2D eigenvalue weighted by Crippen LogP contribution is 2.27. The normalized spacial score (nSPS) is 15.7. The highest BCUT2D eigenvalue weighted by atomic mass is 16.5. The molecule has 0 saturated carbocycles. The van der Waals surface area contributed by atoms with E-state index >= 15 is 0 Å². The van der Waals surface area contributed by atoms with Gasteiger partial charge in [0, 0.05) is 24.5 Å². The highest BCUT2D eigenvalue weighted by Gasteiger charge is 2.17. The molecule has 2 aromatic heterocycles. The van der Waals surface area contributed by atoms with Crippen LogP contribution < -0.4 is 10.1 Å². The third-order valence-electron chi connectivity index (χ3n) is 3.70. The number of rotatable bonds is 2. The van der Waals surface area contributed by atoms with Crippen LogP contribution in [0.5, 0.6) is 5.88 Å². The van der Waals surface area contributed by atoms with E-state index in [2.05, 4.69) is 20.4 Å².